The van der Waals surface area contributed by atoms with Gasteiger partial charge in [-0.1, -0.05) is 93.9 Å². The third-order valence-electron chi connectivity index (χ3n) is 6.12. The van der Waals surface area contributed by atoms with Gasteiger partial charge in [-0.25, -0.2) is 0 Å². The predicted molar refractivity (Wildman–Crippen MR) is 112 cm³/mol. The molecule has 0 N–H and O–H groups in total. The lowest BCUT2D eigenvalue weighted by Gasteiger charge is -2.48. The summed E-state index contributed by atoms with van der Waals surface area (Å²) in [5, 5.41) is 0. The molecule has 0 aliphatic rings. The molecule has 2 unspecified atom stereocenters. The molecular formula is C20H46OSi2. The highest BCUT2D eigenvalue weighted by Crippen LogP contribution is 2.44. The molecule has 0 heterocycles. The molecule has 0 spiro atoms. The standard InChI is InChI=1S/C20H46OSi2/c1-9-15-22(16-10-2,19(7)13-5)21-23(17-11-3,18-12-4)20(8)14-6/h19-20H,9-18H2,1-8H3. The van der Waals surface area contributed by atoms with Crippen molar-refractivity contribution in [3.63, 3.8) is 0 Å². The van der Waals surface area contributed by atoms with Gasteiger partial charge in [0.25, 0.3) is 0 Å². The molecule has 2 atom stereocenters. The molecule has 0 fully saturated rings. The van der Waals surface area contributed by atoms with E-state index in [0.717, 1.165) is 11.1 Å². The Morgan fingerprint density at radius 3 is 1.00 bits per heavy atom. The van der Waals surface area contributed by atoms with Crippen molar-refractivity contribution in [2.75, 3.05) is 0 Å². The lowest BCUT2D eigenvalue weighted by molar-refractivity contribution is 0.453. The van der Waals surface area contributed by atoms with Gasteiger partial charge in [0.05, 0.1) is 0 Å². The Kier molecular flexibility index (Phi) is 12.1. The molecule has 3 heteroatoms. The van der Waals surface area contributed by atoms with Gasteiger partial charge in [0.2, 0.25) is 0 Å². The molecule has 0 rings (SSSR count). The molecule has 0 aliphatic heterocycles. The molecule has 23 heavy (non-hydrogen) atoms. The van der Waals surface area contributed by atoms with Gasteiger partial charge in [-0.05, 0) is 35.3 Å². The van der Waals surface area contributed by atoms with Crippen molar-refractivity contribution in [3.05, 3.63) is 0 Å². The summed E-state index contributed by atoms with van der Waals surface area (Å²) < 4.78 is 7.57. The second-order valence-electron chi connectivity index (χ2n) is 7.85. The highest BCUT2D eigenvalue weighted by molar-refractivity contribution is 6.88. The summed E-state index contributed by atoms with van der Waals surface area (Å²) in [6.45, 7) is 19.3. The van der Waals surface area contributed by atoms with Crippen LogP contribution in [0.1, 0.15) is 93.9 Å². The Morgan fingerprint density at radius 1 is 0.565 bits per heavy atom. The minimum absolute atomic E-state index is 0.812. The van der Waals surface area contributed by atoms with E-state index in [4.69, 9.17) is 4.12 Å². The topological polar surface area (TPSA) is 9.23 Å². The lowest BCUT2D eigenvalue weighted by atomic mass is 10.4. The first kappa shape index (κ1) is 23.4. The van der Waals surface area contributed by atoms with Gasteiger partial charge < -0.3 is 4.12 Å². The maximum Gasteiger partial charge on any atom is 0.182 e. The summed E-state index contributed by atoms with van der Waals surface area (Å²) in [5.41, 5.74) is 1.62. The van der Waals surface area contributed by atoms with Crippen LogP contribution in [0.3, 0.4) is 0 Å². The Labute approximate surface area is 150 Å². The molecule has 0 aromatic heterocycles. The Hall–Kier alpha value is 0.394. The van der Waals surface area contributed by atoms with Gasteiger partial charge in [0.1, 0.15) is 0 Å². The Balaban J connectivity index is 5.79. The molecular weight excluding hydrogens is 312 g/mol. The van der Waals surface area contributed by atoms with Crippen molar-refractivity contribution in [2.24, 2.45) is 0 Å². The van der Waals surface area contributed by atoms with E-state index in [1.807, 2.05) is 0 Å². The van der Waals surface area contributed by atoms with Crippen LogP contribution in [0.15, 0.2) is 0 Å². The molecule has 0 aromatic rings. The fraction of sp³-hybridized carbons (Fsp3) is 1.00. The summed E-state index contributed by atoms with van der Waals surface area (Å²) in [6.07, 6.45) is 7.82. The minimum atomic E-state index is -1.63. The van der Waals surface area contributed by atoms with Crippen LogP contribution < -0.4 is 0 Å². The zero-order valence-corrected chi connectivity index (χ0v) is 19.6. The van der Waals surface area contributed by atoms with E-state index >= 15 is 0 Å². The van der Waals surface area contributed by atoms with Crippen LogP contribution in [-0.4, -0.2) is 16.6 Å². The minimum Gasteiger partial charge on any atom is -0.454 e. The second-order valence-corrected chi connectivity index (χ2v) is 16.9. The average molecular weight is 359 g/mol. The predicted octanol–water partition coefficient (Wildman–Crippen LogP) is 8.13. The Bertz CT molecular complexity index is 253. The largest absolute Gasteiger partial charge is 0.454 e. The average Bonchev–Trinajstić information content (AvgIpc) is 2.53. The SMILES string of the molecule is CCC[Si](CCC)(O[Si](CCC)(CCC)C(C)CC)C(C)CC. The molecule has 0 radical (unpaired) electrons. The summed E-state index contributed by atoms with van der Waals surface area (Å²) in [7, 11) is -3.25. The molecule has 0 aromatic carbocycles. The van der Waals surface area contributed by atoms with Crippen LogP contribution in [0.25, 0.3) is 0 Å². The highest BCUT2D eigenvalue weighted by atomic mass is 28.4. The Morgan fingerprint density at radius 2 is 0.826 bits per heavy atom. The van der Waals surface area contributed by atoms with E-state index in [-0.39, 0.29) is 0 Å². The van der Waals surface area contributed by atoms with Crippen molar-refractivity contribution in [3.8, 4) is 0 Å². The fourth-order valence-corrected chi connectivity index (χ4v) is 18.3. The fourth-order valence-electron chi connectivity index (χ4n) is 4.48. The molecule has 1 nitrogen and oxygen atoms in total. The van der Waals surface area contributed by atoms with Crippen LogP contribution >= 0.6 is 0 Å². The van der Waals surface area contributed by atoms with Crippen molar-refractivity contribution in [1.82, 2.24) is 0 Å². The van der Waals surface area contributed by atoms with Crippen LogP contribution in [0.2, 0.25) is 35.3 Å². The van der Waals surface area contributed by atoms with Gasteiger partial charge in [0.15, 0.2) is 16.6 Å². The summed E-state index contributed by atoms with van der Waals surface area (Å²) in [6, 6.07) is 5.53. The maximum atomic E-state index is 7.57. The molecule has 0 saturated heterocycles. The summed E-state index contributed by atoms with van der Waals surface area (Å²) >= 11 is 0. The van der Waals surface area contributed by atoms with Crippen LogP contribution in [0.4, 0.5) is 0 Å². The zero-order chi connectivity index (χ0) is 17.9. The quantitative estimate of drug-likeness (QED) is 0.285. The van der Waals surface area contributed by atoms with E-state index in [1.54, 1.807) is 0 Å². The van der Waals surface area contributed by atoms with Crippen molar-refractivity contribution >= 4 is 16.6 Å². The number of hydrogen-bond donors (Lipinski definition) is 0. The van der Waals surface area contributed by atoms with E-state index in [0.29, 0.717) is 0 Å². The molecule has 0 aliphatic carbocycles. The van der Waals surface area contributed by atoms with Gasteiger partial charge in [-0.15, -0.1) is 0 Å². The third kappa shape index (κ3) is 6.32. The number of rotatable bonds is 14. The summed E-state index contributed by atoms with van der Waals surface area (Å²) in [4.78, 5) is 0. The monoisotopic (exact) mass is 358 g/mol. The highest BCUT2D eigenvalue weighted by Gasteiger charge is 2.48. The first-order valence-electron chi connectivity index (χ1n) is 10.6. The van der Waals surface area contributed by atoms with Crippen molar-refractivity contribution in [1.29, 1.82) is 0 Å². The first-order chi connectivity index (χ1) is 10.9. The van der Waals surface area contributed by atoms with Crippen molar-refractivity contribution in [2.45, 2.75) is 129 Å². The molecule has 140 valence electrons. The van der Waals surface area contributed by atoms with Crippen molar-refractivity contribution < 1.29 is 4.12 Å². The zero-order valence-electron chi connectivity index (χ0n) is 17.6. The first-order valence-corrected chi connectivity index (χ1v) is 15.4. The van der Waals surface area contributed by atoms with E-state index in [1.165, 1.54) is 62.7 Å². The smallest absolute Gasteiger partial charge is 0.182 e. The molecule has 0 saturated carbocycles. The maximum absolute atomic E-state index is 7.57. The van der Waals surface area contributed by atoms with Gasteiger partial charge in [-0.2, -0.15) is 0 Å². The van der Waals surface area contributed by atoms with E-state index < -0.39 is 16.6 Å². The second kappa shape index (κ2) is 11.9. The summed E-state index contributed by atoms with van der Waals surface area (Å²) in [5.74, 6) is 0. The molecule has 0 bridgehead atoms. The van der Waals surface area contributed by atoms with Crippen LogP contribution in [0, 0.1) is 0 Å². The normalized spacial score (nSPS) is 15.7. The molecule has 0 amide bonds. The van der Waals surface area contributed by atoms with Crippen LogP contribution in [-0.2, 0) is 4.12 Å². The number of hydrogen-bond acceptors (Lipinski definition) is 1. The van der Waals surface area contributed by atoms with Crippen LogP contribution in [0.5, 0.6) is 0 Å². The van der Waals surface area contributed by atoms with E-state index in [2.05, 4.69) is 55.4 Å². The van der Waals surface area contributed by atoms with Gasteiger partial charge >= 0.3 is 0 Å². The third-order valence-corrected chi connectivity index (χ3v) is 19.2. The van der Waals surface area contributed by atoms with Gasteiger partial charge in [0, 0.05) is 0 Å². The van der Waals surface area contributed by atoms with Gasteiger partial charge in [-0.3, -0.25) is 0 Å². The van der Waals surface area contributed by atoms with E-state index in [9.17, 15) is 0 Å². The lowest BCUT2D eigenvalue weighted by Crippen LogP contribution is -2.55.